The van der Waals surface area contributed by atoms with Gasteiger partial charge in [-0.05, 0) is 49.8 Å². The summed E-state index contributed by atoms with van der Waals surface area (Å²) < 4.78 is 11.4. The highest BCUT2D eigenvalue weighted by atomic mass is 16.7. The number of carbonyl (C=O) groups is 1. The smallest absolute Gasteiger partial charge is 0.246 e. The zero-order valence-corrected chi connectivity index (χ0v) is 14.7. The van der Waals surface area contributed by atoms with Crippen LogP contribution in [-0.4, -0.2) is 36.8 Å². The van der Waals surface area contributed by atoms with Gasteiger partial charge in [0.2, 0.25) is 5.91 Å². The maximum absolute atomic E-state index is 12.0. The van der Waals surface area contributed by atoms with Gasteiger partial charge in [-0.15, -0.1) is 0 Å². The fraction of sp³-hybridized carbons (Fsp3) is 0.476. The summed E-state index contributed by atoms with van der Waals surface area (Å²) in [6.45, 7) is 2.56. The lowest BCUT2D eigenvalue weighted by Gasteiger charge is -2.25. The van der Waals surface area contributed by atoms with Crippen LogP contribution in [0.3, 0.4) is 0 Å². The Labute approximate surface area is 150 Å². The van der Waals surface area contributed by atoms with Crippen LogP contribution in [0.5, 0.6) is 5.75 Å². The fourth-order valence-corrected chi connectivity index (χ4v) is 3.14. The number of rotatable bonds is 5. The Balaban J connectivity index is 1.46. The SMILES string of the molecule is O=C(/C=C/C=C/c1ccc(OC2CCCCO2)cc1)N1CCCCC1. The van der Waals surface area contributed by atoms with Crippen LogP contribution in [0.25, 0.3) is 6.08 Å². The fourth-order valence-electron chi connectivity index (χ4n) is 3.14. The molecule has 2 aliphatic heterocycles. The molecule has 0 spiro atoms. The third-order valence-electron chi connectivity index (χ3n) is 4.59. The van der Waals surface area contributed by atoms with Crippen molar-refractivity contribution >= 4 is 12.0 Å². The van der Waals surface area contributed by atoms with Gasteiger partial charge >= 0.3 is 0 Å². The van der Waals surface area contributed by atoms with Crippen LogP contribution in [-0.2, 0) is 9.53 Å². The summed E-state index contributed by atoms with van der Waals surface area (Å²) in [5.41, 5.74) is 1.08. The Bertz CT molecular complexity index is 594. The molecule has 0 aromatic heterocycles. The molecule has 0 radical (unpaired) electrons. The number of hydrogen-bond acceptors (Lipinski definition) is 3. The highest BCUT2D eigenvalue weighted by Gasteiger charge is 2.15. The first-order valence-electron chi connectivity index (χ1n) is 9.33. The molecule has 0 aliphatic carbocycles. The van der Waals surface area contributed by atoms with E-state index in [2.05, 4.69) is 0 Å². The van der Waals surface area contributed by atoms with E-state index in [1.807, 2.05) is 47.4 Å². The molecule has 0 saturated carbocycles. The summed E-state index contributed by atoms with van der Waals surface area (Å²) >= 11 is 0. The molecule has 2 fully saturated rings. The van der Waals surface area contributed by atoms with Gasteiger partial charge in [0.05, 0.1) is 6.61 Å². The lowest BCUT2D eigenvalue weighted by atomic mass is 10.1. The van der Waals surface area contributed by atoms with Gasteiger partial charge < -0.3 is 14.4 Å². The Kier molecular flexibility index (Phi) is 6.69. The number of hydrogen-bond donors (Lipinski definition) is 0. The topological polar surface area (TPSA) is 38.8 Å². The molecule has 2 heterocycles. The molecule has 1 amide bonds. The van der Waals surface area contributed by atoms with Gasteiger partial charge in [0.25, 0.3) is 0 Å². The van der Waals surface area contributed by atoms with Crippen LogP contribution < -0.4 is 4.74 Å². The monoisotopic (exact) mass is 341 g/mol. The lowest BCUT2D eigenvalue weighted by Crippen LogP contribution is -2.34. The minimum absolute atomic E-state index is 0.112. The number of nitrogens with zero attached hydrogens (tertiary/aromatic N) is 1. The quantitative estimate of drug-likeness (QED) is 0.596. The van der Waals surface area contributed by atoms with Gasteiger partial charge in [0.1, 0.15) is 5.75 Å². The van der Waals surface area contributed by atoms with E-state index >= 15 is 0 Å². The Morgan fingerprint density at radius 2 is 1.84 bits per heavy atom. The van der Waals surface area contributed by atoms with E-state index in [1.165, 1.54) is 6.42 Å². The van der Waals surface area contributed by atoms with Gasteiger partial charge in [-0.2, -0.15) is 0 Å². The number of likely N-dealkylation sites (tertiary alicyclic amines) is 1. The zero-order valence-electron chi connectivity index (χ0n) is 14.7. The van der Waals surface area contributed by atoms with Crippen LogP contribution in [0.4, 0.5) is 0 Å². The van der Waals surface area contributed by atoms with E-state index < -0.39 is 0 Å². The summed E-state index contributed by atoms with van der Waals surface area (Å²) in [6.07, 6.45) is 14.0. The van der Waals surface area contributed by atoms with E-state index in [4.69, 9.17) is 9.47 Å². The Morgan fingerprint density at radius 3 is 2.56 bits per heavy atom. The second-order valence-corrected chi connectivity index (χ2v) is 6.59. The number of carbonyl (C=O) groups excluding carboxylic acids is 1. The second kappa shape index (κ2) is 9.42. The molecule has 1 aromatic rings. The molecule has 1 atom stereocenters. The average Bonchev–Trinajstić information content (AvgIpc) is 2.68. The molecule has 1 unspecified atom stereocenters. The first kappa shape index (κ1) is 17.7. The van der Waals surface area contributed by atoms with Gasteiger partial charge in [-0.1, -0.05) is 30.4 Å². The van der Waals surface area contributed by atoms with E-state index in [0.29, 0.717) is 0 Å². The van der Waals surface area contributed by atoms with Crippen molar-refractivity contribution in [3.63, 3.8) is 0 Å². The summed E-state index contributed by atoms with van der Waals surface area (Å²) in [5.74, 6) is 0.945. The van der Waals surface area contributed by atoms with Crippen molar-refractivity contribution in [2.24, 2.45) is 0 Å². The van der Waals surface area contributed by atoms with Crippen molar-refractivity contribution in [2.75, 3.05) is 19.7 Å². The van der Waals surface area contributed by atoms with Crippen LogP contribution in [0.1, 0.15) is 44.1 Å². The van der Waals surface area contributed by atoms with Crippen molar-refractivity contribution in [1.29, 1.82) is 0 Å². The third-order valence-corrected chi connectivity index (χ3v) is 4.59. The van der Waals surface area contributed by atoms with E-state index in [1.54, 1.807) is 6.08 Å². The molecule has 4 nitrogen and oxygen atoms in total. The molecule has 134 valence electrons. The van der Waals surface area contributed by atoms with E-state index in [-0.39, 0.29) is 12.2 Å². The maximum Gasteiger partial charge on any atom is 0.246 e. The number of allylic oxidation sites excluding steroid dienone is 2. The molecule has 4 heteroatoms. The lowest BCUT2D eigenvalue weighted by molar-refractivity contribution is -0.126. The number of benzene rings is 1. The zero-order chi connectivity index (χ0) is 17.3. The third kappa shape index (κ3) is 5.75. The standard InChI is InChI=1S/C21H27NO3/c23-20(22-15-5-1-6-16-22)9-3-2-8-18-11-13-19(14-12-18)25-21-10-4-7-17-24-21/h2-3,8-9,11-14,21H,1,4-7,10,15-17H2/b8-2+,9-3+. The summed E-state index contributed by atoms with van der Waals surface area (Å²) in [5, 5.41) is 0. The Hall–Kier alpha value is -2.07. The van der Waals surface area contributed by atoms with Gasteiger partial charge in [0.15, 0.2) is 6.29 Å². The average molecular weight is 341 g/mol. The molecule has 1 aromatic carbocycles. The van der Waals surface area contributed by atoms with E-state index in [0.717, 1.165) is 63.1 Å². The van der Waals surface area contributed by atoms with Crippen LogP contribution in [0.15, 0.2) is 42.5 Å². The van der Waals surface area contributed by atoms with E-state index in [9.17, 15) is 4.79 Å². The normalized spacial score (nSPS) is 21.8. The minimum atomic E-state index is -0.112. The number of amides is 1. The highest BCUT2D eigenvalue weighted by Crippen LogP contribution is 2.20. The van der Waals surface area contributed by atoms with Gasteiger partial charge in [-0.25, -0.2) is 0 Å². The molecule has 3 rings (SSSR count). The minimum Gasteiger partial charge on any atom is -0.465 e. The van der Waals surface area contributed by atoms with Crippen molar-refractivity contribution in [2.45, 2.75) is 44.8 Å². The highest BCUT2D eigenvalue weighted by molar-refractivity contribution is 5.88. The maximum atomic E-state index is 12.0. The first-order chi connectivity index (χ1) is 12.3. The number of piperidine rings is 1. The molecule has 2 aliphatic rings. The van der Waals surface area contributed by atoms with Crippen molar-refractivity contribution in [1.82, 2.24) is 4.90 Å². The molecule has 0 N–H and O–H groups in total. The predicted octanol–water partition coefficient (Wildman–Crippen LogP) is 4.17. The number of ether oxygens (including phenoxy) is 2. The molecular weight excluding hydrogens is 314 g/mol. The summed E-state index contributed by atoms with van der Waals surface area (Å²) in [6, 6.07) is 7.93. The van der Waals surface area contributed by atoms with Crippen LogP contribution in [0, 0.1) is 0 Å². The van der Waals surface area contributed by atoms with Crippen molar-refractivity contribution < 1.29 is 14.3 Å². The largest absolute Gasteiger partial charge is 0.465 e. The van der Waals surface area contributed by atoms with Crippen molar-refractivity contribution in [3.05, 3.63) is 48.1 Å². The predicted molar refractivity (Wildman–Crippen MR) is 99.3 cm³/mol. The van der Waals surface area contributed by atoms with Crippen molar-refractivity contribution in [3.8, 4) is 5.75 Å². The van der Waals surface area contributed by atoms with Gasteiger partial charge in [-0.3, -0.25) is 4.79 Å². The van der Waals surface area contributed by atoms with Crippen LogP contribution in [0.2, 0.25) is 0 Å². The summed E-state index contributed by atoms with van der Waals surface area (Å²) in [7, 11) is 0. The second-order valence-electron chi connectivity index (χ2n) is 6.59. The molecule has 0 bridgehead atoms. The first-order valence-corrected chi connectivity index (χ1v) is 9.33. The van der Waals surface area contributed by atoms with Crippen LogP contribution >= 0.6 is 0 Å². The van der Waals surface area contributed by atoms with Gasteiger partial charge in [0, 0.05) is 25.6 Å². The molecule has 25 heavy (non-hydrogen) atoms. The Morgan fingerprint density at radius 1 is 1.04 bits per heavy atom. The molecule has 2 saturated heterocycles. The summed E-state index contributed by atoms with van der Waals surface area (Å²) in [4.78, 5) is 13.9. The molecular formula is C21H27NO3.